The summed E-state index contributed by atoms with van der Waals surface area (Å²) in [6.45, 7) is 3.21. The van der Waals surface area contributed by atoms with E-state index in [1.807, 2.05) is 0 Å². The summed E-state index contributed by atoms with van der Waals surface area (Å²) in [5.74, 6) is -2.63. The third kappa shape index (κ3) is 2.47. The number of amides is 1. The summed E-state index contributed by atoms with van der Waals surface area (Å²) < 4.78 is 27.5. The highest BCUT2D eigenvalue weighted by Crippen LogP contribution is 2.24. The van der Waals surface area contributed by atoms with Gasteiger partial charge in [0.05, 0.1) is 11.4 Å². The molecule has 104 valence electrons. The molecule has 0 bridgehead atoms. The van der Waals surface area contributed by atoms with Crippen LogP contribution in [0.3, 0.4) is 0 Å². The zero-order valence-electron chi connectivity index (χ0n) is 11.1. The normalized spacial score (nSPS) is 10.4. The maximum absolute atomic E-state index is 13.9. The van der Waals surface area contributed by atoms with Crippen molar-refractivity contribution in [2.75, 3.05) is 11.1 Å². The van der Waals surface area contributed by atoms with Crippen LogP contribution in [0.2, 0.25) is 0 Å². The molecule has 3 nitrogen and oxygen atoms in total. The van der Waals surface area contributed by atoms with Crippen LogP contribution < -0.4 is 11.1 Å². The number of rotatable bonds is 2. The lowest BCUT2D eigenvalue weighted by Gasteiger charge is -2.12. The van der Waals surface area contributed by atoms with E-state index in [0.29, 0.717) is 16.9 Å². The highest BCUT2D eigenvalue weighted by Gasteiger charge is 2.20. The van der Waals surface area contributed by atoms with Crippen molar-refractivity contribution < 1.29 is 13.6 Å². The minimum Gasteiger partial charge on any atom is -0.397 e. The van der Waals surface area contributed by atoms with Gasteiger partial charge in [-0.05, 0) is 37.1 Å². The lowest BCUT2D eigenvalue weighted by atomic mass is 10.1. The molecule has 2 rings (SSSR count). The molecule has 0 aliphatic heterocycles. The van der Waals surface area contributed by atoms with Crippen LogP contribution in [0, 0.1) is 25.5 Å². The molecule has 0 spiro atoms. The predicted octanol–water partition coefficient (Wildman–Crippen LogP) is 3.42. The summed E-state index contributed by atoms with van der Waals surface area (Å²) in [6.07, 6.45) is 0. The summed E-state index contributed by atoms with van der Waals surface area (Å²) in [6, 6.07) is 7.42. The number of carbonyl (C=O) groups excluding carboxylic acids is 1. The molecule has 0 unspecified atom stereocenters. The van der Waals surface area contributed by atoms with Crippen molar-refractivity contribution in [2.24, 2.45) is 0 Å². The van der Waals surface area contributed by atoms with E-state index in [9.17, 15) is 13.6 Å². The maximum atomic E-state index is 13.9. The van der Waals surface area contributed by atoms with Crippen molar-refractivity contribution in [3.8, 4) is 0 Å². The molecule has 0 fully saturated rings. The van der Waals surface area contributed by atoms with Gasteiger partial charge in [0.15, 0.2) is 0 Å². The van der Waals surface area contributed by atoms with Gasteiger partial charge in [0.25, 0.3) is 5.91 Å². The predicted molar refractivity (Wildman–Crippen MR) is 74.6 cm³/mol. The fraction of sp³-hybridized carbons (Fsp3) is 0.133. The van der Waals surface area contributed by atoms with Crippen LogP contribution in [0.1, 0.15) is 21.5 Å². The molecule has 3 N–H and O–H groups in total. The number of nitrogens with two attached hydrogens (primary N) is 1. The number of hydrogen-bond acceptors (Lipinski definition) is 2. The molecular weight excluding hydrogens is 262 g/mol. The highest BCUT2D eigenvalue weighted by molar-refractivity contribution is 6.06. The first kappa shape index (κ1) is 14.0. The Kier molecular flexibility index (Phi) is 3.70. The zero-order chi connectivity index (χ0) is 14.9. The van der Waals surface area contributed by atoms with Gasteiger partial charge in [-0.15, -0.1) is 0 Å². The van der Waals surface area contributed by atoms with E-state index in [1.54, 1.807) is 25.1 Å². The molecule has 20 heavy (non-hydrogen) atoms. The van der Waals surface area contributed by atoms with Crippen molar-refractivity contribution in [1.82, 2.24) is 0 Å². The van der Waals surface area contributed by atoms with Gasteiger partial charge < -0.3 is 11.1 Å². The van der Waals surface area contributed by atoms with E-state index in [4.69, 9.17) is 5.73 Å². The van der Waals surface area contributed by atoms with Crippen LogP contribution in [-0.2, 0) is 0 Å². The number of aryl methyl sites for hydroxylation is 2. The Morgan fingerprint density at radius 1 is 1.10 bits per heavy atom. The molecule has 0 saturated heterocycles. The number of nitrogen functional groups attached to an aromatic ring is 1. The highest BCUT2D eigenvalue weighted by atomic mass is 19.1. The average molecular weight is 276 g/mol. The Hall–Kier alpha value is -2.43. The van der Waals surface area contributed by atoms with Crippen molar-refractivity contribution in [1.29, 1.82) is 0 Å². The number of para-hydroxylation sites is 1. The molecule has 0 atom stereocenters. The van der Waals surface area contributed by atoms with Crippen LogP contribution in [-0.4, -0.2) is 5.91 Å². The number of benzene rings is 2. The summed E-state index contributed by atoms with van der Waals surface area (Å²) in [5.41, 5.74) is 6.76. The minimum absolute atomic E-state index is 0.203. The minimum atomic E-state index is -0.905. The Labute approximate surface area is 115 Å². The van der Waals surface area contributed by atoms with Crippen LogP contribution >= 0.6 is 0 Å². The number of halogens is 2. The molecule has 0 heterocycles. The number of nitrogens with one attached hydrogen (secondary N) is 1. The van der Waals surface area contributed by atoms with E-state index in [0.717, 1.165) is 6.07 Å². The molecule has 2 aromatic rings. The van der Waals surface area contributed by atoms with Crippen molar-refractivity contribution >= 4 is 17.3 Å². The second-order valence-corrected chi connectivity index (χ2v) is 4.55. The first-order valence-electron chi connectivity index (χ1n) is 6.03. The van der Waals surface area contributed by atoms with Gasteiger partial charge in [0.1, 0.15) is 17.2 Å². The van der Waals surface area contributed by atoms with Gasteiger partial charge in [-0.25, -0.2) is 8.78 Å². The third-order valence-corrected chi connectivity index (χ3v) is 3.05. The van der Waals surface area contributed by atoms with Crippen LogP contribution in [0.5, 0.6) is 0 Å². The molecule has 1 amide bonds. The topological polar surface area (TPSA) is 55.1 Å². The van der Waals surface area contributed by atoms with Crippen LogP contribution in [0.25, 0.3) is 0 Å². The summed E-state index contributed by atoms with van der Waals surface area (Å²) >= 11 is 0. The Balaban J connectivity index is 2.41. The summed E-state index contributed by atoms with van der Waals surface area (Å²) in [4.78, 5) is 12.1. The average Bonchev–Trinajstić information content (AvgIpc) is 2.39. The van der Waals surface area contributed by atoms with Gasteiger partial charge >= 0.3 is 0 Å². The quantitative estimate of drug-likeness (QED) is 0.826. The molecule has 0 aliphatic carbocycles. The van der Waals surface area contributed by atoms with E-state index in [2.05, 4.69) is 5.32 Å². The second-order valence-electron chi connectivity index (χ2n) is 4.55. The van der Waals surface area contributed by atoms with Gasteiger partial charge in [0, 0.05) is 0 Å². The summed E-state index contributed by atoms with van der Waals surface area (Å²) in [7, 11) is 0. The largest absolute Gasteiger partial charge is 0.397 e. The van der Waals surface area contributed by atoms with E-state index >= 15 is 0 Å². The molecule has 0 aromatic heterocycles. The van der Waals surface area contributed by atoms with E-state index in [1.165, 1.54) is 13.0 Å². The molecule has 5 heteroatoms. The molecule has 0 radical (unpaired) electrons. The monoisotopic (exact) mass is 276 g/mol. The number of anilines is 2. The summed E-state index contributed by atoms with van der Waals surface area (Å²) in [5, 5.41) is 2.46. The third-order valence-electron chi connectivity index (χ3n) is 3.05. The van der Waals surface area contributed by atoms with Crippen LogP contribution in [0.15, 0.2) is 30.3 Å². The number of hydrogen-bond donors (Lipinski definition) is 2. The van der Waals surface area contributed by atoms with Crippen molar-refractivity contribution in [3.05, 3.63) is 58.7 Å². The van der Waals surface area contributed by atoms with E-state index < -0.39 is 23.1 Å². The standard InChI is InChI=1S/C15H14F2N2O/c1-8-6-7-10(16)12(13(8)17)15(20)19-14-9(2)4-3-5-11(14)18/h3-7H,18H2,1-2H3,(H,19,20). The molecule has 0 saturated carbocycles. The Bertz CT molecular complexity index is 664. The molecule has 0 aliphatic rings. The van der Waals surface area contributed by atoms with E-state index in [-0.39, 0.29) is 5.56 Å². The van der Waals surface area contributed by atoms with Gasteiger partial charge in [-0.1, -0.05) is 18.2 Å². The van der Waals surface area contributed by atoms with Crippen molar-refractivity contribution in [2.45, 2.75) is 13.8 Å². The first-order valence-corrected chi connectivity index (χ1v) is 6.03. The lowest BCUT2D eigenvalue weighted by molar-refractivity contribution is 0.101. The second kappa shape index (κ2) is 5.28. The van der Waals surface area contributed by atoms with Crippen LogP contribution in [0.4, 0.5) is 20.2 Å². The molecule has 2 aromatic carbocycles. The maximum Gasteiger partial charge on any atom is 0.261 e. The van der Waals surface area contributed by atoms with Gasteiger partial charge in [0.2, 0.25) is 0 Å². The SMILES string of the molecule is Cc1ccc(F)c(C(=O)Nc2c(C)cccc2N)c1F. The van der Waals surface area contributed by atoms with Gasteiger partial charge in [-0.3, -0.25) is 4.79 Å². The molecular formula is C15H14F2N2O. The zero-order valence-corrected chi connectivity index (χ0v) is 11.1. The Morgan fingerprint density at radius 3 is 2.45 bits per heavy atom. The van der Waals surface area contributed by atoms with Crippen molar-refractivity contribution in [3.63, 3.8) is 0 Å². The van der Waals surface area contributed by atoms with Gasteiger partial charge in [-0.2, -0.15) is 0 Å². The Morgan fingerprint density at radius 2 is 1.80 bits per heavy atom. The first-order chi connectivity index (χ1) is 9.41. The lowest BCUT2D eigenvalue weighted by Crippen LogP contribution is -2.18. The fourth-order valence-electron chi connectivity index (χ4n) is 1.90. The fourth-order valence-corrected chi connectivity index (χ4v) is 1.90. The number of carbonyl (C=O) groups is 1. The smallest absolute Gasteiger partial charge is 0.261 e.